The van der Waals surface area contributed by atoms with E-state index in [1.807, 2.05) is 11.8 Å². The van der Waals surface area contributed by atoms with Crippen LogP contribution in [0.4, 0.5) is 0 Å². The third-order valence-electron chi connectivity index (χ3n) is 0.651. The Labute approximate surface area is 60.1 Å². The molecule has 8 heavy (non-hydrogen) atoms. The van der Waals surface area contributed by atoms with Crippen LogP contribution in [-0.2, 0) is 0 Å². The van der Waals surface area contributed by atoms with Crippen LogP contribution < -0.4 is 0 Å². The van der Waals surface area contributed by atoms with E-state index in [-0.39, 0.29) is 0 Å². The van der Waals surface area contributed by atoms with Crippen LogP contribution in [0.1, 0.15) is 6.92 Å². The van der Waals surface area contributed by atoms with E-state index < -0.39 is 0 Å². The molecule has 0 aliphatic heterocycles. The van der Waals surface area contributed by atoms with Crippen molar-refractivity contribution in [2.24, 2.45) is 0 Å². The number of hydrogen-bond acceptors (Lipinski definition) is 2. The molecule has 0 aromatic carbocycles. The Morgan fingerprint density at radius 2 is 2.25 bits per heavy atom. The fourth-order valence-corrected chi connectivity index (χ4v) is 1.20. The van der Waals surface area contributed by atoms with E-state index in [0.717, 1.165) is 5.75 Å². The Hall–Kier alpha value is 0.440. The molecule has 0 aromatic rings. The van der Waals surface area contributed by atoms with Gasteiger partial charge in [-0.3, -0.25) is 0 Å². The molecule has 0 aromatic heterocycles. The van der Waals surface area contributed by atoms with Crippen molar-refractivity contribution < 1.29 is 0 Å². The third-order valence-corrected chi connectivity index (χ3v) is 1.95. The lowest BCUT2D eigenvalue weighted by atomic mass is 10.8. The molecule has 2 heteroatoms. The highest BCUT2D eigenvalue weighted by Crippen LogP contribution is 2.00. The minimum atomic E-state index is 1.16. The standard InChI is InChI=1S/C6H12S2/c1-3-8-6-4-5-7-2/h4-5H,3,6H2,1-2H3/b5-4-. The van der Waals surface area contributed by atoms with E-state index in [2.05, 4.69) is 24.7 Å². The predicted molar refractivity (Wildman–Crippen MR) is 45.7 cm³/mol. The highest BCUT2D eigenvalue weighted by molar-refractivity contribution is 8.01. The third kappa shape index (κ3) is 6.44. The van der Waals surface area contributed by atoms with Crippen LogP contribution in [0.5, 0.6) is 0 Å². The van der Waals surface area contributed by atoms with E-state index >= 15 is 0 Å². The van der Waals surface area contributed by atoms with Crippen molar-refractivity contribution in [1.82, 2.24) is 0 Å². The van der Waals surface area contributed by atoms with Gasteiger partial charge >= 0.3 is 0 Å². The molecule has 0 saturated carbocycles. The number of thioether (sulfide) groups is 2. The highest BCUT2D eigenvalue weighted by atomic mass is 32.2. The molecule has 0 heterocycles. The maximum Gasteiger partial charge on any atom is 0.0121 e. The van der Waals surface area contributed by atoms with Crippen LogP contribution in [0, 0.1) is 0 Å². The lowest BCUT2D eigenvalue weighted by molar-refractivity contribution is 1.52. The molecule has 0 N–H and O–H groups in total. The van der Waals surface area contributed by atoms with Gasteiger partial charge in [-0.05, 0) is 17.4 Å². The number of rotatable bonds is 4. The minimum Gasteiger partial charge on any atom is -0.158 e. The predicted octanol–water partition coefficient (Wildman–Crippen LogP) is 2.62. The average Bonchev–Trinajstić information content (AvgIpc) is 1.81. The summed E-state index contributed by atoms with van der Waals surface area (Å²) >= 11 is 3.71. The Morgan fingerprint density at radius 3 is 2.75 bits per heavy atom. The lowest BCUT2D eigenvalue weighted by Gasteiger charge is -1.86. The molecular formula is C6H12S2. The smallest absolute Gasteiger partial charge is 0.0121 e. The van der Waals surface area contributed by atoms with E-state index in [1.54, 1.807) is 11.8 Å². The molecular weight excluding hydrogens is 136 g/mol. The van der Waals surface area contributed by atoms with Gasteiger partial charge in [0.05, 0.1) is 0 Å². The first-order valence-corrected chi connectivity index (χ1v) is 5.11. The van der Waals surface area contributed by atoms with Gasteiger partial charge < -0.3 is 0 Å². The van der Waals surface area contributed by atoms with Crippen molar-refractivity contribution in [2.75, 3.05) is 17.8 Å². The summed E-state index contributed by atoms with van der Waals surface area (Å²) in [7, 11) is 0. The summed E-state index contributed by atoms with van der Waals surface area (Å²) < 4.78 is 0. The summed E-state index contributed by atoms with van der Waals surface area (Å²) in [5.41, 5.74) is 0. The molecule has 0 amide bonds. The molecule has 0 saturated heterocycles. The second kappa shape index (κ2) is 7.44. The molecule has 0 rings (SSSR count). The number of hydrogen-bond donors (Lipinski definition) is 0. The average molecular weight is 148 g/mol. The van der Waals surface area contributed by atoms with Crippen LogP contribution in [0.3, 0.4) is 0 Å². The minimum absolute atomic E-state index is 1.16. The van der Waals surface area contributed by atoms with Gasteiger partial charge in [0, 0.05) is 5.75 Å². The van der Waals surface area contributed by atoms with Gasteiger partial charge in [-0.2, -0.15) is 11.8 Å². The van der Waals surface area contributed by atoms with Gasteiger partial charge in [0.15, 0.2) is 0 Å². The zero-order chi connectivity index (χ0) is 6.24. The first-order valence-electron chi connectivity index (χ1n) is 2.67. The Balaban J connectivity index is 2.80. The van der Waals surface area contributed by atoms with Crippen LogP contribution in [0.15, 0.2) is 11.5 Å². The van der Waals surface area contributed by atoms with Crippen LogP contribution in [-0.4, -0.2) is 17.8 Å². The summed E-state index contributed by atoms with van der Waals surface area (Å²) in [6, 6.07) is 0. The molecule has 0 radical (unpaired) electrons. The Bertz CT molecular complexity index is 59.5. The van der Waals surface area contributed by atoms with Crippen molar-refractivity contribution in [2.45, 2.75) is 6.92 Å². The molecule has 0 nitrogen and oxygen atoms in total. The van der Waals surface area contributed by atoms with Crippen molar-refractivity contribution in [3.05, 3.63) is 11.5 Å². The van der Waals surface area contributed by atoms with Crippen LogP contribution in [0.25, 0.3) is 0 Å². The van der Waals surface area contributed by atoms with Crippen molar-refractivity contribution in [1.29, 1.82) is 0 Å². The van der Waals surface area contributed by atoms with Gasteiger partial charge in [0.2, 0.25) is 0 Å². The van der Waals surface area contributed by atoms with Crippen LogP contribution >= 0.6 is 23.5 Å². The van der Waals surface area contributed by atoms with Gasteiger partial charge in [-0.1, -0.05) is 13.0 Å². The molecule has 0 unspecified atom stereocenters. The van der Waals surface area contributed by atoms with Gasteiger partial charge in [0.1, 0.15) is 0 Å². The summed E-state index contributed by atoms with van der Waals surface area (Å²) in [5.74, 6) is 2.38. The molecule has 0 aliphatic carbocycles. The van der Waals surface area contributed by atoms with E-state index in [9.17, 15) is 0 Å². The van der Waals surface area contributed by atoms with E-state index in [4.69, 9.17) is 0 Å². The monoisotopic (exact) mass is 148 g/mol. The normalized spacial score (nSPS) is 10.8. The van der Waals surface area contributed by atoms with Gasteiger partial charge in [-0.25, -0.2) is 0 Å². The largest absolute Gasteiger partial charge is 0.158 e. The Kier molecular flexibility index (Phi) is 7.85. The second-order valence-corrected chi connectivity index (χ2v) is 3.33. The van der Waals surface area contributed by atoms with E-state index in [0.29, 0.717) is 0 Å². The quantitative estimate of drug-likeness (QED) is 0.562. The molecule has 0 spiro atoms. The maximum absolute atomic E-state index is 2.19. The summed E-state index contributed by atoms with van der Waals surface area (Å²) in [5, 5.41) is 2.13. The van der Waals surface area contributed by atoms with Crippen molar-refractivity contribution >= 4 is 23.5 Å². The summed E-state index contributed by atoms with van der Waals surface area (Å²) in [4.78, 5) is 0. The van der Waals surface area contributed by atoms with Crippen molar-refractivity contribution in [3.63, 3.8) is 0 Å². The zero-order valence-corrected chi connectivity index (χ0v) is 7.02. The molecule has 48 valence electrons. The fourth-order valence-electron chi connectivity index (χ4n) is 0.321. The first kappa shape index (κ1) is 8.44. The SMILES string of the molecule is CCSC/C=C\SC. The van der Waals surface area contributed by atoms with Crippen molar-refractivity contribution in [3.8, 4) is 0 Å². The van der Waals surface area contributed by atoms with Gasteiger partial charge in [0.25, 0.3) is 0 Å². The summed E-state index contributed by atoms with van der Waals surface area (Å²) in [6.45, 7) is 2.18. The first-order chi connectivity index (χ1) is 3.91. The fraction of sp³-hybridized carbons (Fsp3) is 0.667. The molecule has 0 atom stereocenters. The van der Waals surface area contributed by atoms with E-state index in [1.165, 1.54) is 5.75 Å². The molecule has 0 fully saturated rings. The molecule has 0 bridgehead atoms. The lowest BCUT2D eigenvalue weighted by Crippen LogP contribution is -1.69. The molecule has 0 aliphatic rings. The zero-order valence-electron chi connectivity index (χ0n) is 5.39. The summed E-state index contributed by atoms with van der Waals surface area (Å²) in [6.07, 6.45) is 4.27. The van der Waals surface area contributed by atoms with Crippen LogP contribution in [0.2, 0.25) is 0 Å². The second-order valence-electron chi connectivity index (χ2n) is 1.27. The maximum atomic E-state index is 2.19. The highest BCUT2D eigenvalue weighted by Gasteiger charge is 1.74. The van der Waals surface area contributed by atoms with Gasteiger partial charge in [-0.15, -0.1) is 11.8 Å². The Morgan fingerprint density at radius 1 is 1.50 bits per heavy atom. The topological polar surface area (TPSA) is 0 Å².